The third-order valence-electron chi connectivity index (χ3n) is 4.20. The average Bonchev–Trinajstić information content (AvgIpc) is 2.61. The summed E-state index contributed by atoms with van der Waals surface area (Å²) in [5.41, 5.74) is 0.691. The van der Waals surface area contributed by atoms with Gasteiger partial charge in [0.05, 0.1) is 12.9 Å². The molecule has 1 saturated heterocycles. The number of hydrogen-bond acceptors (Lipinski definition) is 6. The number of anilines is 1. The van der Waals surface area contributed by atoms with Crippen molar-refractivity contribution in [2.45, 2.75) is 12.7 Å². The molecule has 0 bridgehead atoms. The van der Waals surface area contributed by atoms with Crippen LogP contribution in [-0.2, 0) is 15.8 Å². The second-order valence-corrected chi connectivity index (χ2v) is 8.49. The lowest BCUT2D eigenvalue weighted by atomic mass is 10.2. The minimum atomic E-state index is -3.39. The molecule has 2 aromatic rings. The largest absolute Gasteiger partial charge is 0.481 e. The molecule has 7 nitrogen and oxygen atoms in total. The summed E-state index contributed by atoms with van der Waals surface area (Å²) in [5.74, 6) is 1.83. The van der Waals surface area contributed by atoms with Crippen LogP contribution in [-0.4, -0.2) is 56.0 Å². The maximum atomic E-state index is 12.7. The van der Waals surface area contributed by atoms with Crippen LogP contribution in [0.2, 0.25) is 5.02 Å². The maximum Gasteiger partial charge on any atom is 0.218 e. The molecular formula is C17H21ClN4O3S. The van der Waals surface area contributed by atoms with E-state index in [-0.39, 0.29) is 5.75 Å². The zero-order valence-electron chi connectivity index (χ0n) is 14.7. The number of hydrogen-bond donors (Lipinski definition) is 0. The Morgan fingerprint density at radius 2 is 1.88 bits per heavy atom. The smallest absolute Gasteiger partial charge is 0.218 e. The van der Waals surface area contributed by atoms with Gasteiger partial charge in [-0.1, -0.05) is 23.7 Å². The molecule has 2 heterocycles. The molecule has 1 aliphatic rings. The van der Waals surface area contributed by atoms with E-state index in [1.807, 2.05) is 4.90 Å². The summed E-state index contributed by atoms with van der Waals surface area (Å²) in [6.45, 7) is 3.75. The third-order valence-corrected chi connectivity index (χ3v) is 6.29. The van der Waals surface area contributed by atoms with E-state index in [4.69, 9.17) is 16.3 Å². The molecule has 0 N–H and O–H groups in total. The summed E-state index contributed by atoms with van der Waals surface area (Å²) >= 11 is 5.95. The Morgan fingerprint density at radius 1 is 1.15 bits per heavy atom. The molecule has 9 heteroatoms. The maximum absolute atomic E-state index is 12.7. The molecule has 0 radical (unpaired) electrons. The van der Waals surface area contributed by atoms with Crippen LogP contribution in [0, 0.1) is 6.92 Å². The Morgan fingerprint density at radius 3 is 2.54 bits per heavy atom. The van der Waals surface area contributed by atoms with E-state index in [1.54, 1.807) is 44.4 Å². The summed E-state index contributed by atoms with van der Waals surface area (Å²) in [4.78, 5) is 10.6. The number of methoxy groups -OCH3 is 1. The molecule has 0 atom stereocenters. The predicted molar refractivity (Wildman–Crippen MR) is 101 cm³/mol. The zero-order chi connectivity index (χ0) is 18.7. The Balaban J connectivity index is 1.67. The van der Waals surface area contributed by atoms with Crippen molar-refractivity contribution < 1.29 is 13.2 Å². The van der Waals surface area contributed by atoms with Crippen molar-refractivity contribution in [1.82, 2.24) is 14.3 Å². The zero-order valence-corrected chi connectivity index (χ0v) is 16.3. The molecule has 0 aliphatic carbocycles. The lowest BCUT2D eigenvalue weighted by Gasteiger charge is -2.34. The number of rotatable bonds is 5. The van der Waals surface area contributed by atoms with E-state index in [0.29, 0.717) is 48.5 Å². The highest BCUT2D eigenvalue weighted by Crippen LogP contribution is 2.21. The van der Waals surface area contributed by atoms with Crippen molar-refractivity contribution in [3.63, 3.8) is 0 Å². The number of halogens is 1. The second kappa shape index (κ2) is 7.77. The summed E-state index contributed by atoms with van der Waals surface area (Å²) < 4.78 is 32.1. The van der Waals surface area contributed by atoms with Crippen LogP contribution in [0.15, 0.2) is 30.3 Å². The standard InChI is InChI=1S/C17H21ClN4O3S/c1-13-19-16(11-17(20-13)25-2)21-6-8-22(9-7-21)26(23,24)12-14-4-3-5-15(18)10-14/h3-5,10-11H,6-9,12H2,1-2H3. The fourth-order valence-electron chi connectivity index (χ4n) is 2.92. The van der Waals surface area contributed by atoms with Crippen molar-refractivity contribution >= 4 is 27.4 Å². The quantitative estimate of drug-likeness (QED) is 0.770. The molecule has 1 aliphatic heterocycles. The third kappa shape index (κ3) is 4.44. The van der Waals surface area contributed by atoms with E-state index < -0.39 is 10.0 Å². The molecule has 140 valence electrons. The van der Waals surface area contributed by atoms with E-state index in [9.17, 15) is 8.42 Å². The van der Waals surface area contributed by atoms with Gasteiger partial charge >= 0.3 is 0 Å². The van der Waals surface area contributed by atoms with Crippen LogP contribution >= 0.6 is 11.6 Å². The molecule has 0 unspecified atom stereocenters. The van der Waals surface area contributed by atoms with Crippen molar-refractivity contribution in [2.24, 2.45) is 0 Å². The van der Waals surface area contributed by atoms with E-state index in [1.165, 1.54) is 4.31 Å². The van der Waals surface area contributed by atoms with Crippen LogP contribution in [0.25, 0.3) is 0 Å². The molecule has 1 aromatic carbocycles. The van der Waals surface area contributed by atoms with Crippen molar-refractivity contribution in [1.29, 1.82) is 0 Å². The summed E-state index contributed by atoms with van der Waals surface area (Å²) in [6, 6.07) is 8.72. The molecule has 3 rings (SSSR count). The highest BCUT2D eigenvalue weighted by atomic mass is 35.5. The number of piperazine rings is 1. The second-order valence-electron chi connectivity index (χ2n) is 6.09. The molecule has 1 aromatic heterocycles. The summed E-state index contributed by atoms with van der Waals surface area (Å²) in [5, 5.41) is 0.538. The van der Waals surface area contributed by atoms with Crippen molar-refractivity contribution in [3.05, 3.63) is 46.7 Å². The van der Waals surface area contributed by atoms with E-state index in [0.717, 1.165) is 5.82 Å². The normalized spacial score (nSPS) is 15.9. The number of aryl methyl sites for hydroxylation is 1. The first-order chi connectivity index (χ1) is 12.4. The monoisotopic (exact) mass is 396 g/mol. The molecule has 0 saturated carbocycles. The van der Waals surface area contributed by atoms with Gasteiger partial charge in [0, 0.05) is 37.3 Å². The van der Waals surface area contributed by atoms with Gasteiger partial charge < -0.3 is 9.64 Å². The SMILES string of the molecule is COc1cc(N2CCN(S(=O)(=O)Cc3cccc(Cl)c3)CC2)nc(C)n1. The topological polar surface area (TPSA) is 75.6 Å². The van der Waals surface area contributed by atoms with Crippen LogP contribution in [0.4, 0.5) is 5.82 Å². The number of sulfonamides is 1. The molecule has 0 spiro atoms. The van der Waals surface area contributed by atoms with Crippen molar-refractivity contribution in [2.75, 3.05) is 38.2 Å². The van der Waals surface area contributed by atoms with Gasteiger partial charge in [0.1, 0.15) is 11.6 Å². The van der Waals surface area contributed by atoms with Crippen LogP contribution in [0.5, 0.6) is 5.88 Å². The first-order valence-corrected chi connectivity index (χ1v) is 10.2. The van der Waals surface area contributed by atoms with Crippen LogP contribution in [0.1, 0.15) is 11.4 Å². The van der Waals surface area contributed by atoms with Gasteiger partial charge in [-0.15, -0.1) is 0 Å². The number of ether oxygens (including phenoxy) is 1. The van der Waals surface area contributed by atoms with Crippen LogP contribution < -0.4 is 9.64 Å². The van der Waals surface area contributed by atoms with Gasteiger partial charge in [-0.2, -0.15) is 9.29 Å². The number of nitrogens with zero attached hydrogens (tertiary/aromatic N) is 4. The average molecular weight is 397 g/mol. The van der Waals surface area contributed by atoms with Crippen LogP contribution in [0.3, 0.4) is 0 Å². The van der Waals surface area contributed by atoms with E-state index in [2.05, 4.69) is 9.97 Å². The highest BCUT2D eigenvalue weighted by molar-refractivity contribution is 7.88. The molecule has 26 heavy (non-hydrogen) atoms. The number of aromatic nitrogens is 2. The van der Waals surface area contributed by atoms with E-state index >= 15 is 0 Å². The highest BCUT2D eigenvalue weighted by Gasteiger charge is 2.28. The lowest BCUT2D eigenvalue weighted by Crippen LogP contribution is -2.49. The minimum absolute atomic E-state index is 0.0476. The fraction of sp³-hybridized carbons (Fsp3) is 0.412. The summed E-state index contributed by atoms with van der Waals surface area (Å²) in [7, 11) is -1.83. The molecule has 0 amide bonds. The first-order valence-electron chi connectivity index (χ1n) is 8.24. The van der Waals surface area contributed by atoms with Gasteiger partial charge in [-0.3, -0.25) is 0 Å². The Bertz CT molecular complexity index is 883. The first kappa shape index (κ1) is 18.9. The van der Waals surface area contributed by atoms with Gasteiger partial charge in [0.25, 0.3) is 0 Å². The fourth-order valence-corrected chi connectivity index (χ4v) is 4.63. The van der Waals surface area contributed by atoms with Gasteiger partial charge in [0.2, 0.25) is 15.9 Å². The lowest BCUT2D eigenvalue weighted by molar-refractivity contribution is 0.380. The molecule has 1 fully saturated rings. The Hall–Kier alpha value is -1.90. The predicted octanol–water partition coefficient (Wildman–Crippen LogP) is 2.10. The number of benzene rings is 1. The van der Waals surface area contributed by atoms with Gasteiger partial charge in [0.15, 0.2) is 0 Å². The minimum Gasteiger partial charge on any atom is -0.481 e. The summed E-state index contributed by atoms with van der Waals surface area (Å²) in [6.07, 6.45) is 0. The van der Waals surface area contributed by atoms with Crippen molar-refractivity contribution in [3.8, 4) is 5.88 Å². The van der Waals surface area contributed by atoms with Gasteiger partial charge in [-0.25, -0.2) is 13.4 Å². The Kier molecular flexibility index (Phi) is 5.64. The molecular weight excluding hydrogens is 376 g/mol. The van der Waals surface area contributed by atoms with Gasteiger partial charge in [-0.05, 0) is 24.6 Å². The Labute approximate surface area is 158 Å².